The van der Waals surface area contributed by atoms with Crippen LogP contribution < -0.4 is 4.90 Å². The molecule has 0 aliphatic heterocycles. The van der Waals surface area contributed by atoms with E-state index in [4.69, 9.17) is 4.98 Å². The first-order valence-corrected chi connectivity index (χ1v) is 10.5. The number of rotatable bonds is 4. The first-order valence-electron chi connectivity index (χ1n) is 9.71. The summed E-state index contributed by atoms with van der Waals surface area (Å²) in [6, 6.07) is 10.1. The van der Waals surface area contributed by atoms with Crippen LogP contribution in [0, 0.1) is 19.8 Å². The number of aryl methyl sites for hydroxylation is 2. The molecule has 1 fully saturated rings. The first-order chi connectivity index (χ1) is 13.1. The number of pyridine rings is 1. The van der Waals surface area contributed by atoms with Gasteiger partial charge in [-0.05, 0) is 56.0 Å². The fraction of sp³-hybridized carbons (Fsp3) is 0.409. The maximum atomic E-state index is 13.4. The van der Waals surface area contributed by atoms with E-state index < -0.39 is 0 Å². The van der Waals surface area contributed by atoms with Gasteiger partial charge < -0.3 is 0 Å². The molecule has 4 nitrogen and oxygen atoms in total. The molecule has 0 N–H and O–H groups in total. The van der Waals surface area contributed by atoms with E-state index in [-0.39, 0.29) is 11.8 Å². The van der Waals surface area contributed by atoms with Gasteiger partial charge in [0.2, 0.25) is 5.91 Å². The molecule has 2 aromatic heterocycles. The standard InChI is InChI=1S/C22H25N3OS/c1-15-12-16(2)20-19(13-15)24-22(27-20)25(14-18-10-6-7-11-23-18)21(26)17-8-4-3-5-9-17/h6-7,10-13,17H,3-5,8-9,14H2,1-2H3. The molecule has 0 radical (unpaired) electrons. The van der Waals surface area contributed by atoms with Crippen LogP contribution in [0.3, 0.4) is 0 Å². The van der Waals surface area contributed by atoms with Crippen LogP contribution in [0.1, 0.15) is 48.9 Å². The van der Waals surface area contributed by atoms with Crippen LogP contribution in [0.2, 0.25) is 0 Å². The smallest absolute Gasteiger partial charge is 0.232 e. The third kappa shape index (κ3) is 3.88. The Morgan fingerprint density at radius 1 is 1.19 bits per heavy atom. The van der Waals surface area contributed by atoms with Gasteiger partial charge in [-0.25, -0.2) is 4.98 Å². The molecule has 1 amide bonds. The molecule has 1 saturated carbocycles. The summed E-state index contributed by atoms with van der Waals surface area (Å²) in [5, 5.41) is 0.792. The van der Waals surface area contributed by atoms with Crippen LogP contribution in [-0.2, 0) is 11.3 Å². The molecule has 1 aromatic carbocycles. The zero-order valence-corrected chi connectivity index (χ0v) is 16.8. The number of aromatic nitrogens is 2. The van der Waals surface area contributed by atoms with Gasteiger partial charge in [0.15, 0.2) is 5.13 Å². The number of carbonyl (C=O) groups is 1. The summed E-state index contributed by atoms with van der Waals surface area (Å²) in [5.41, 5.74) is 4.30. The predicted octanol–water partition coefficient (Wildman–Crippen LogP) is 5.42. The Kier molecular flexibility index (Phi) is 5.21. The van der Waals surface area contributed by atoms with E-state index in [2.05, 4.69) is 31.0 Å². The van der Waals surface area contributed by atoms with Crippen molar-refractivity contribution in [3.8, 4) is 0 Å². The summed E-state index contributed by atoms with van der Waals surface area (Å²) in [6.45, 7) is 4.68. The molecule has 1 aliphatic carbocycles. The molecule has 140 valence electrons. The average Bonchev–Trinajstić information content (AvgIpc) is 3.11. The second-order valence-corrected chi connectivity index (χ2v) is 8.48. The lowest BCUT2D eigenvalue weighted by molar-refractivity contribution is -0.123. The topological polar surface area (TPSA) is 46.1 Å². The lowest BCUT2D eigenvalue weighted by Crippen LogP contribution is -2.36. The molecular formula is C22H25N3OS. The molecule has 5 heteroatoms. The number of thiazole rings is 1. The Morgan fingerprint density at radius 2 is 2.00 bits per heavy atom. The summed E-state index contributed by atoms with van der Waals surface area (Å²) in [5.74, 6) is 0.311. The maximum Gasteiger partial charge on any atom is 0.232 e. The van der Waals surface area contributed by atoms with Gasteiger partial charge in [-0.1, -0.05) is 42.7 Å². The molecule has 27 heavy (non-hydrogen) atoms. The maximum absolute atomic E-state index is 13.4. The van der Waals surface area contributed by atoms with Gasteiger partial charge in [0, 0.05) is 12.1 Å². The van der Waals surface area contributed by atoms with Crippen molar-refractivity contribution < 1.29 is 4.79 Å². The molecule has 2 heterocycles. The first kappa shape index (κ1) is 18.1. The molecule has 3 aromatic rings. The zero-order valence-electron chi connectivity index (χ0n) is 15.9. The Labute approximate surface area is 164 Å². The fourth-order valence-electron chi connectivity index (χ4n) is 3.94. The van der Waals surface area contributed by atoms with Crippen molar-refractivity contribution in [1.82, 2.24) is 9.97 Å². The number of carbonyl (C=O) groups excluding carboxylic acids is 1. The third-order valence-electron chi connectivity index (χ3n) is 5.31. The van der Waals surface area contributed by atoms with Crippen LogP contribution in [0.5, 0.6) is 0 Å². The molecule has 0 unspecified atom stereocenters. The van der Waals surface area contributed by atoms with Crippen LogP contribution >= 0.6 is 11.3 Å². The van der Waals surface area contributed by atoms with E-state index >= 15 is 0 Å². The van der Waals surface area contributed by atoms with Crippen molar-refractivity contribution in [2.45, 2.75) is 52.5 Å². The highest BCUT2D eigenvalue weighted by molar-refractivity contribution is 7.22. The van der Waals surface area contributed by atoms with Gasteiger partial charge >= 0.3 is 0 Å². The largest absolute Gasteiger partial charge is 0.282 e. The highest BCUT2D eigenvalue weighted by Crippen LogP contribution is 2.35. The molecule has 4 rings (SSSR count). The van der Waals surface area contributed by atoms with E-state index in [1.807, 2.05) is 23.1 Å². The molecule has 0 bridgehead atoms. The SMILES string of the molecule is Cc1cc(C)c2sc(N(Cc3ccccn3)C(=O)C3CCCCC3)nc2c1. The van der Waals surface area contributed by atoms with Gasteiger partial charge in [-0.15, -0.1) is 0 Å². The molecule has 0 atom stereocenters. The second kappa shape index (κ2) is 7.77. The van der Waals surface area contributed by atoms with Gasteiger partial charge in [0.25, 0.3) is 0 Å². The number of anilines is 1. The Morgan fingerprint density at radius 3 is 2.74 bits per heavy atom. The monoisotopic (exact) mass is 379 g/mol. The molecular weight excluding hydrogens is 354 g/mol. The van der Waals surface area contributed by atoms with Crippen molar-refractivity contribution in [2.24, 2.45) is 5.92 Å². The van der Waals surface area contributed by atoms with Gasteiger partial charge in [0.1, 0.15) is 0 Å². The van der Waals surface area contributed by atoms with Crippen molar-refractivity contribution in [1.29, 1.82) is 0 Å². The summed E-state index contributed by atoms with van der Waals surface area (Å²) in [6.07, 6.45) is 7.28. The number of benzene rings is 1. The minimum atomic E-state index is 0.109. The highest BCUT2D eigenvalue weighted by Gasteiger charge is 2.29. The number of fused-ring (bicyclic) bond motifs is 1. The van der Waals surface area contributed by atoms with Crippen molar-refractivity contribution in [3.05, 3.63) is 53.3 Å². The quantitative estimate of drug-likeness (QED) is 0.608. The fourth-order valence-corrected chi connectivity index (χ4v) is 4.96. The van der Waals surface area contributed by atoms with E-state index in [0.717, 1.165) is 46.7 Å². The van der Waals surface area contributed by atoms with Crippen molar-refractivity contribution in [2.75, 3.05) is 4.90 Å². The number of amides is 1. The Bertz CT molecular complexity index is 945. The number of nitrogens with zero attached hydrogens (tertiary/aromatic N) is 3. The van der Waals surface area contributed by atoms with E-state index in [1.165, 1.54) is 17.5 Å². The molecule has 0 saturated heterocycles. The van der Waals surface area contributed by atoms with Crippen LogP contribution in [-0.4, -0.2) is 15.9 Å². The average molecular weight is 380 g/mol. The minimum absolute atomic E-state index is 0.109. The minimum Gasteiger partial charge on any atom is -0.282 e. The van der Waals surface area contributed by atoms with Gasteiger partial charge in [0.05, 0.1) is 22.5 Å². The lowest BCUT2D eigenvalue weighted by Gasteiger charge is -2.27. The lowest BCUT2D eigenvalue weighted by atomic mass is 9.88. The van der Waals surface area contributed by atoms with Gasteiger partial charge in [-0.2, -0.15) is 0 Å². The van der Waals surface area contributed by atoms with E-state index in [0.29, 0.717) is 6.54 Å². The number of hydrogen-bond acceptors (Lipinski definition) is 4. The second-order valence-electron chi connectivity index (χ2n) is 7.51. The van der Waals surface area contributed by atoms with Gasteiger partial charge in [-0.3, -0.25) is 14.7 Å². The van der Waals surface area contributed by atoms with Crippen LogP contribution in [0.25, 0.3) is 10.2 Å². The molecule has 0 spiro atoms. The van der Waals surface area contributed by atoms with Crippen molar-refractivity contribution >= 4 is 32.6 Å². The Balaban J connectivity index is 1.72. The molecule has 1 aliphatic rings. The summed E-state index contributed by atoms with van der Waals surface area (Å²) < 4.78 is 1.16. The normalized spacial score (nSPS) is 15.2. The summed E-state index contributed by atoms with van der Waals surface area (Å²) in [4.78, 5) is 24.6. The predicted molar refractivity (Wildman–Crippen MR) is 111 cm³/mol. The Hall–Kier alpha value is -2.27. The van der Waals surface area contributed by atoms with Crippen LogP contribution in [0.4, 0.5) is 5.13 Å². The number of hydrogen-bond donors (Lipinski definition) is 0. The zero-order chi connectivity index (χ0) is 18.8. The summed E-state index contributed by atoms with van der Waals surface area (Å²) in [7, 11) is 0. The van der Waals surface area contributed by atoms with Crippen LogP contribution in [0.15, 0.2) is 36.5 Å². The summed E-state index contributed by atoms with van der Waals surface area (Å²) >= 11 is 1.62. The third-order valence-corrected chi connectivity index (χ3v) is 6.54. The van der Waals surface area contributed by atoms with Crippen molar-refractivity contribution in [3.63, 3.8) is 0 Å². The van der Waals surface area contributed by atoms with E-state index in [1.54, 1.807) is 17.5 Å². The van der Waals surface area contributed by atoms with E-state index in [9.17, 15) is 4.79 Å². The highest BCUT2D eigenvalue weighted by atomic mass is 32.1.